The van der Waals surface area contributed by atoms with E-state index in [2.05, 4.69) is 39.6 Å². The van der Waals surface area contributed by atoms with Crippen molar-refractivity contribution in [2.45, 2.75) is 51.6 Å². The lowest BCUT2D eigenvalue weighted by Crippen LogP contribution is -2.47. The molecule has 0 spiro atoms. The number of halogens is 2. The van der Waals surface area contributed by atoms with Crippen LogP contribution in [0, 0.1) is 0 Å². The standard InChI is InChI=1S/C20H29ClN6O.HI/c1-13(2)19-25-18-8-6-15(12-27(18)26-19)24-20(22-3)23-10-9-14-5-7-16(28-4)11-17(14)21;/h5,7,11,13,15H,6,8-10,12H2,1-4H3,(H2,22,23,24);1H. The van der Waals surface area contributed by atoms with Gasteiger partial charge in [0.2, 0.25) is 0 Å². The van der Waals surface area contributed by atoms with Crippen LogP contribution in [-0.4, -0.2) is 47.5 Å². The summed E-state index contributed by atoms with van der Waals surface area (Å²) in [6, 6.07) is 6.05. The van der Waals surface area contributed by atoms with Crippen molar-refractivity contribution < 1.29 is 4.74 Å². The zero-order valence-corrected chi connectivity index (χ0v) is 20.5. The fourth-order valence-corrected chi connectivity index (χ4v) is 3.52. The summed E-state index contributed by atoms with van der Waals surface area (Å²) in [6.45, 7) is 5.79. The van der Waals surface area contributed by atoms with Crippen molar-refractivity contribution in [3.8, 4) is 5.75 Å². The number of hydrogen-bond acceptors (Lipinski definition) is 4. The van der Waals surface area contributed by atoms with Crippen molar-refractivity contribution in [2.24, 2.45) is 4.99 Å². The maximum atomic E-state index is 6.32. The molecule has 2 aromatic rings. The largest absolute Gasteiger partial charge is 0.497 e. The molecule has 7 nitrogen and oxygen atoms in total. The van der Waals surface area contributed by atoms with Gasteiger partial charge in [0.05, 0.1) is 13.7 Å². The Balaban J connectivity index is 0.00000300. The lowest BCUT2D eigenvalue weighted by molar-refractivity contribution is 0.391. The first-order chi connectivity index (χ1) is 13.5. The highest BCUT2D eigenvalue weighted by atomic mass is 127. The molecule has 160 valence electrons. The Kier molecular flexibility index (Phi) is 9.01. The molecular weight excluding hydrogens is 503 g/mol. The number of guanidine groups is 1. The first-order valence-electron chi connectivity index (χ1n) is 9.73. The molecule has 2 heterocycles. The molecule has 1 unspecified atom stereocenters. The zero-order chi connectivity index (χ0) is 20.1. The number of nitrogens with zero attached hydrogens (tertiary/aromatic N) is 4. The molecule has 9 heteroatoms. The molecule has 0 fully saturated rings. The quantitative estimate of drug-likeness (QED) is 0.339. The highest BCUT2D eigenvalue weighted by Crippen LogP contribution is 2.22. The van der Waals surface area contributed by atoms with Gasteiger partial charge in [0.25, 0.3) is 0 Å². The second-order valence-corrected chi connectivity index (χ2v) is 7.72. The molecule has 2 N–H and O–H groups in total. The maximum absolute atomic E-state index is 6.32. The molecule has 0 saturated heterocycles. The molecule has 1 aromatic heterocycles. The Labute approximate surface area is 194 Å². The number of ether oxygens (including phenoxy) is 1. The van der Waals surface area contributed by atoms with Crippen LogP contribution >= 0.6 is 35.6 Å². The Bertz CT molecular complexity index is 838. The molecule has 0 aliphatic carbocycles. The van der Waals surface area contributed by atoms with Crippen LogP contribution < -0.4 is 15.4 Å². The summed E-state index contributed by atoms with van der Waals surface area (Å²) in [5.74, 6) is 3.92. The van der Waals surface area contributed by atoms with Gasteiger partial charge in [-0.2, -0.15) is 5.10 Å². The van der Waals surface area contributed by atoms with Crippen molar-refractivity contribution >= 4 is 41.5 Å². The zero-order valence-electron chi connectivity index (χ0n) is 17.4. The van der Waals surface area contributed by atoms with Crippen LogP contribution in [-0.2, 0) is 19.4 Å². The summed E-state index contributed by atoms with van der Waals surface area (Å²) >= 11 is 6.32. The number of aryl methyl sites for hydroxylation is 1. The molecule has 0 saturated carbocycles. The molecule has 0 radical (unpaired) electrons. The monoisotopic (exact) mass is 532 g/mol. The normalized spacial score (nSPS) is 16.2. The van der Waals surface area contributed by atoms with Crippen molar-refractivity contribution in [3.63, 3.8) is 0 Å². The molecule has 1 aromatic carbocycles. The van der Waals surface area contributed by atoms with Crippen LogP contribution in [0.15, 0.2) is 23.2 Å². The van der Waals surface area contributed by atoms with E-state index < -0.39 is 0 Å². The van der Waals surface area contributed by atoms with Crippen LogP contribution in [0.3, 0.4) is 0 Å². The second kappa shape index (κ2) is 11.0. The van der Waals surface area contributed by atoms with E-state index in [9.17, 15) is 0 Å². The number of aromatic nitrogens is 3. The number of nitrogens with one attached hydrogen (secondary N) is 2. The van der Waals surface area contributed by atoms with Crippen LogP contribution in [0.4, 0.5) is 0 Å². The summed E-state index contributed by atoms with van der Waals surface area (Å²) in [7, 11) is 3.43. The number of aliphatic imine (C=N–C) groups is 1. The molecule has 3 rings (SSSR count). The van der Waals surface area contributed by atoms with Gasteiger partial charge in [-0.25, -0.2) is 9.67 Å². The van der Waals surface area contributed by atoms with Gasteiger partial charge >= 0.3 is 0 Å². The van der Waals surface area contributed by atoms with Crippen LogP contribution in [0.1, 0.15) is 43.4 Å². The van der Waals surface area contributed by atoms with Gasteiger partial charge in [-0.3, -0.25) is 4.99 Å². The van der Waals surface area contributed by atoms with Gasteiger partial charge in [0.15, 0.2) is 11.8 Å². The lowest BCUT2D eigenvalue weighted by atomic mass is 10.1. The average Bonchev–Trinajstić information content (AvgIpc) is 3.12. The van der Waals surface area contributed by atoms with Gasteiger partial charge in [-0.15, -0.1) is 24.0 Å². The molecule has 0 amide bonds. The Morgan fingerprint density at radius 3 is 2.86 bits per heavy atom. The summed E-state index contributed by atoms with van der Waals surface area (Å²) in [4.78, 5) is 8.99. The molecule has 1 aliphatic rings. The van der Waals surface area contributed by atoms with Crippen LogP contribution in [0.25, 0.3) is 0 Å². The van der Waals surface area contributed by atoms with Gasteiger partial charge in [-0.1, -0.05) is 31.5 Å². The van der Waals surface area contributed by atoms with E-state index in [0.717, 1.165) is 66.3 Å². The second-order valence-electron chi connectivity index (χ2n) is 7.31. The number of fused-ring (bicyclic) bond motifs is 1. The Hall–Kier alpha value is -1.55. The minimum Gasteiger partial charge on any atom is -0.497 e. The first kappa shape index (κ1) is 23.7. The predicted molar refractivity (Wildman–Crippen MR) is 128 cm³/mol. The fourth-order valence-electron chi connectivity index (χ4n) is 3.25. The van der Waals surface area contributed by atoms with Crippen molar-refractivity contribution in [1.82, 2.24) is 25.4 Å². The minimum absolute atomic E-state index is 0. The first-order valence-corrected chi connectivity index (χ1v) is 10.1. The van der Waals surface area contributed by atoms with E-state index in [-0.39, 0.29) is 30.0 Å². The predicted octanol–water partition coefficient (Wildman–Crippen LogP) is 3.40. The third-order valence-corrected chi connectivity index (χ3v) is 5.25. The highest BCUT2D eigenvalue weighted by Gasteiger charge is 2.23. The van der Waals surface area contributed by atoms with E-state index in [1.54, 1.807) is 14.2 Å². The number of hydrogen-bond donors (Lipinski definition) is 2. The summed E-state index contributed by atoms with van der Waals surface area (Å²) < 4.78 is 7.22. The van der Waals surface area contributed by atoms with Crippen LogP contribution in [0.2, 0.25) is 5.02 Å². The number of benzene rings is 1. The van der Waals surface area contributed by atoms with E-state index in [0.29, 0.717) is 5.92 Å². The number of methoxy groups -OCH3 is 1. The Morgan fingerprint density at radius 2 is 2.21 bits per heavy atom. The summed E-state index contributed by atoms with van der Waals surface area (Å²) in [6.07, 6.45) is 2.75. The minimum atomic E-state index is 0. The lowest BCUT2D eigenvalue weighted by Gasteiger charge is -2.25. The van der Waals surface area contributed by atoms with Crippen molar-refractivity contribution in [1.29, 1.82) is 0 Å². The van der Waals surface area contributed by atoms with Crippen molar-refractivity contribution in [2.75, 3.05) is 20.7 Å². The van der Waals surface area contributed by atoms with Gasteiger partial charge in [0.1, 0.15) is 11.6 Å². The van der Waals surface area contributed by atoms with Crippen molar-refractivity contribution in [3.05, 3.63) is 40.4 Å². The average molecular weight is 533 g/mol. The highest BCUT2D eigenvalue weighted by molar-refractivity contribution is 14.0. The van der Waals surface area contributed by atoms with E-state index in [4.69, 9.17) is 16.3 Å². The van der Waals surface area contributed by atoms with Gasteiger partial charge < -0.3 is 15.4 Å². The van der Waals surface area contributed by atoms with Gasteiger partial charge in [-0.05, 0) is 30.5 Å². The molecule has 1 atom stereocenters. The molecule has 1 aliphatic heterocycles. The van der Waals surface area contributed by atoms with E-state index in [1.807, 2.05) is 22.9 Å². The summed E-state index contributed by atoms with van der Waals surface area (Å²) in [5, 5.41) is 12.2. The molecular formula is C20H30ClIN6O. The molecule has 0 bridgehead atoms. The topological polar surface area (TPSA) is 76.4 Å². The number of rotatable bonds is 6. The molecule has 29 heavy (non-hydrogen) atoms. The van der Waals surface area contributed by atoms with Crippen LogP contribution in [0.5, 0.6) is 5.75 Å². The SMILES string of the molecule is CN=C(NCCc1ccc(OC)cc1Cl)NC1CCc2nc(C(C)C)nn2C1.I. The summed E-state index contributed by atoms with van der Waals surface area (Å²) in [5.41, 5.74) is 1.08. The van der Waals surface area contributed by atoms with Gasteiger partial charge in [0, 0.05) is 37.0 Å². The van der Waals surface area contributed by atoms with E-state index >= 15 is 0 Å². The fraction of sp³-hybridized carbons (Fsp3) is 0.550. The van der Waals surface area contributed by atoms with E-state index in [1.165, 1.54) is 0 Å². The third kappa shape index (κ3) is 6.21. The third-order valence-electron chi connectivity index (χ3n) is 4.90. The smallest absolute Gasteiger partial charge is 0.191 e. The maximum Gasteiger partial charge on any atom is 0.191 e. The Morgan fingerprint density at radius 1 is 1.41 bits per heavy atom.